The van der Waals surface area contributed by atoms with Crippen LogP contribution in [-0.4, -0.2) is 18.8 Å². The largest absolute Gasteiger partial charge is 0.496 e. The van der Waals surface area contributed by atoms with Crippen LogP contribution in [0.15, 0.2) is 41.0 Å². The van der Waals surface area contributed by atoms with Crippen molar-refractivity contribution in [2.45, 2.75) is 19.9 Å². The number of hydrogen-bond donors (Lipinski definition) is 2. The van der Waals surface area contributed by atoms with E-state index in [1.807, 2.05) is 24.3 Å². The predicted octanol–water partition coefficient (Wildman–Crippen LogP) is 2.80. The predicted molar refractivity (Wildman–Crippen MR) is 87.6 cm³/mol. The molecule has 21 heavy (non-hydrogen) atoms. The van der Waals surface area contributed by atoms with E-state index in [1.165, 1.54) is 11.1 Å². The summed E-state index contributed by atoms with van der Waals surface area (Å²) in [5.41, 5.74) is 2.41. The second-order valence-electron chi connectivity index (χ2n) is 4.75. The van der Waals surface area contributed by atoms with Crippen molar-refractivity contribution >= 4 is 17.3 Å². The van der Waals surface area contributed by atoms with Crippen LogP contribution in [0.2, 0.25) is 0 Å². The van der Waals surface area contributed by atoms with Gasteiger partial charge in [-0.1, -0.05) is 17.7 Å². The maximum Gasteiger partial charge on any atom is 0.166 e. The fourth-order valence-electron chi connectivity index (χ4n) is 2.06. The van der Waals surface area contributed by atoms with E-state index in [1.54, 1.807) is 13.4 Å². The van der Waals surface area contributed by atoms with Gasteiger partial charge in [0.2, 0.25) is 0 Å². The number of nitrogens with one attached hydrogen (secondary N) is 2. The molecule has 2 rings (SSSR count). The maximum atomic E-state index is 5.37. The molecule has 0 unspecified atom stereocenters. The number of thiocarbonyl (C=S) groups is 1. The summed E-state index contributed by atoms with van der Waals surface area (Å²) in [5.74, 6) is 1.77. The number of ether oxygens (including phenoxy) is 1. The van der Waals surface area contributed by atoms with Crippen molar-refractivity contribution < 1.29 is 9.15 Å². The van der Waals surface area contributed by atoms with Gasteiger partial charge in [-0.15, -0.1) is 0 Å². The molecule has 0 aliphatic rings. The van der Waals surface area contributed by atoms with E-state index in [-0.39, 0.29) is 0 Å². The SMILES string of the molecule is COc1ccc(C)cc1CCNC(=S)NCc1ccco1. The number of hydrogen-bond acceptors (Lipinski definition) is 3. The average Bonchev–Trinajstić information content (AvgIpc) is 2.99. The van der Waals surface area contributed by atoms with Gasteiger partial charge in [0.25, 0.3) is 0 Å². The zero-order chi connectivity index (χ0) is 15.1. The van der Waals surface area contributed by atoms with E-state index in [4.69, 9.17) is 21.4 Å². The normalized spacial score (nSPS) is 10.2. The molecule has 1 heterocycles. The number of aryl methyl sites for hydroxylation is 1. The summed E-state index contributed by atoms with van der Waals surface area (Å²) in [4.78, 5) is 0. The minimum atomic E-state index is 0.590. The molecular weight excluding hydrogens is 284 g/mol. The summed E-state index contributed by atoms with van der Waals surface area (Å²) in [6.45, 7) is 3.42. The van der Waals surface area contributed by atoms with Gasteiger partial charge in [-0.2, -0.15) is 0 Å². The highest BCUT2D eigenvalue weighted by Gasteiger charge is 2.04. The third-order valence-electron chi connectivity index (χ3n) is 3.12. The molecule has 0 spiro atoms. The maximum absolute atomic E-state index is 5.37. The molecule has 0 saturated carbocycles. The lowest BCUT2D eigenvalue weighted by Crippen LogP contribution is -2.35. The Morgan fingerprint density at radius 3 is 2.86 bits per heavy atom. The van der Waals surface area contributed by atoms with Crippen molar-refractivity contribution in [1.29, 1.82) is 0 Å². The highest BCUT2D eigenvalue weighted by molar-refractivity contribution is 7.80. The minimum Gasteiger partial charge on any atom is -0.496 e. The van der Waals surface area contributed by atoms with E-state index in [0.717, 1.165) is 24.5 Å². The number of benzene rings is 1. The van der Waals surface area contributed by atoms with Crippen LogP contribution in [-0.2, 0) is 13.0 Å². The fourth-order valence-corrected chi connectivity index (χ4v) is 2.23. The Morgan fingerprint density at radius 2 is 2.14 bits per heavy atom. The zero-order valence-corrected chi connectivity index (χ0v) is 13.1. The Hall–Kier alpha value is -2.01. The summed E-state index contributed by atoms with van der Waals surface area (Å²) in [7, 11) is 1.69. The topological polar surface area (TPSA) is 46.4 Å². The van der Waals surface area contributed by atoms with Crippen LogP contribution in [0.3, 0.4) is 0 Å². The van der Waals surface area contributed by atoms with E-state index >= 15 is 0 Å². The molecule has 0 saturated heterocycles. The number of methoxy groups -OCH3 is 1. The molecule has 2 N–H and O–H groups in total. The van der Waals surface area contributed by atoms with Crippen molar-refractivity contribution in [3.05, 3.63) is 53.5 Å². The highest BCUT2D eigenvalue weighted by atomic mass is 32.1. The summed E-state index contributed by atoms with van der Waals surface area (Å²) in [6.07, 6.45) is 2.50. The Bertz CT molecular complexity index is 582. The fraction of sp³-hybridized carbons (Fsp3) is 0.312. The first-order chi connectivity index (χ1) is 10.2. The highest BCUT2D eigenvalue weighted by Crippen LogP contribution is 2.19. The van der Waals surface area contributed by atoms with Crippen molar-refractivity contribution in [2.24, 2.45) is 0 Å². The first-order valence-electron chi connectivity index (χ1n) is 6.86. The number of rotatable bonds is 6. The molecule has 0 bridgehead atoms. The standard InChI is InChI=1S/C16H20N2O2S/c1-12-5-6-15(19-2)13(10-12)7-8-17-16(21)18-11-14-4-3-9-20-14/h3-6,9-10H,7-8,11H2,1-2H3,(H2,17,18,21). The summed E-state index contributed by atoms with van der Waals surface area (Å²) < 4.78 is 10.6. The lowest BCUT2D eigenvalue weighted by atomic mass is 10.1. The first-order valence-corrected chi connectivity index (χ1v) is 7.27. The van der Waals surface area contributed by atoms with Crippen LogP contribution in [0.25, 0.3) is 0 Å². The molecule has 0 fully saturated rings. The van der Waals surface area contributed by atoms with Gasteiger partial charge in [-0.3, -0.25) is 0 Å². The second kappa shape index (κ2) is 7.69. The Morgan fingerprint density at radius 1 is 1.29 bits per heavy atom. The van der Waals surface area contributed by atoms with Gasteiger partial charge < -0.3 is 19.8 Å². The molecule has 0 amide bonds. The molecule has 0 aliphatic carbocycles. The van der Waals surface area contributed by atoms with E-state index < -0.39 is 0 Å². The lowest BCUT2D eigenvalue weighted by Gasteiger charge is -2.12. The minimum absolute atomic E-state index is 0.590. The molecule has 2 aromatic rings. The van der Waals surface area contributed by atoms with Gasteiger partial charge in [0, 0.05) is 6.54 Å². The lowest BCUT2D eigenvalue weighted by molar-refractivity contribution is 0.409. The average molecular weight is 304 g/mol. The van der Waals surface area contributed by atoms with Gasteiger partial charge in [-0.05, 0) is 49.3 Å². The molecule has 5 heteroatoms. The van der Waals surface area contributed by atoms with Crippen LogP contribution in [0.4, 0.5) is 0 Å². The second-order valence-corrected chi connectivity index (χ2v) is 5.16. The molecule has 0 aliphatic heterocycles. The third kappa shape index (κ3) is 4.79. The summed E-state index contributed by atoms with van der Waals surface area (Å²) >= 11 is 5.23. The first kappa shape index (κ1) is 15.4. The Kier molecular flexibility index (Phi) is 5.63. The van der Waals surface area contributed by atoms with E-state index in [0.29, 0.717) is 11.7 Å². The van der Waals surface area contributed by atoms with Gasteiger partial charge >= 0.3 is 0 Å². The molecule has 1 aromatic carbocycles. The van der Waals surface area contributed by atoms with Gasteiger partial charge in [0.1, 0.15) is 11.5 Å². The van der Waals surface area contributed by atoms with Crippen LogP contribution in [0.5, 0.6) is 5.75 Å². The van der Waals surface area contributed by atoms with Crippen molar-refractivity contribution in [3.8, 4) is 5.75 Å². The summed E-state index contributed by atoms with van der Waals surface area (Å²) in [6, 6.07) is 9.95. The molecule has 0 atom stereocenters. The van der Waals surface area contributed by atoms with Gasteiger partial charge in [0.15, 0.2) is 5.11 Å². The Labute approximate surface area is 130 Å². The smallest absolute Gasteiger partial charge is 0.166 e. The van der Waals surface area contributed by atoms with Crippen molar-refractivity contribution in [3.63, 3.8) is 0 Å². The van der Waals surface area contributed by atoms with Gasteiger partial charge in [0.05, 0.1) is 19.9 Å². The third-order valence-corrected chi connectivity index (χ3v) is 3.41. The van der Waals surface area contributed by atoms with E-state index in [2.05, 4.69) is 23.6 Å². The molecule has 112 valence electrons. The van der Waals surface area contributed by atoms with Crippen molar-refractivity contribution in [2.75, 3.05) is 13.7 Å². The van der Waals surface area contributed by atoms with Crippen LogP contribution in [0.1, 0.15) is 16.9 Å². The zero-order valence-electron chi connectivity index (χ0n) is 12.3. The molecular formula is C16H20N2O2S. The summed E-state index contributed by atoms with van der Waals surface area (Å²) in [5, 5.41) is 6.92. The van der Waals surface area contributed by atoms with Crippen molar-refractivity contribution in [1.82, 2.24) is 10.6 Å². The van der Waals surface area contributed by atoms with E-state index in [9.17, 15) is 0 Å². The Balaban J connectivity index is 1.76. The van der Waals surface area contributed by atoms with Crippen LogP contribution in [0, 0.1) is 6.92 Å². The quantitative estimate of drug-likeness (QED) is 0.804. The molecule has 4 nitrogen and oxygen atoms in total. The molecule has 1 aromatic heterocycles. The van der Waals surface area contributed by atoms with Crippen LogP contribution >= 0.6 is 12.2 Å². The van der Waals surface area contributed by atoms with Crippen LogP contribution < -0.4 is 15.4 Å². The number of furan rings is 1. The monoisotopic (exact) mass is 304 g/mol. The van der Waals surface area contributed by atoms with Gasteiger partial charge in [-0.25, -0.2) is 0 Å². The molecule has 0 radical (unpaired) electrons.